The number of fused-ring (bicyclic) bond motifs is 1. The largest absolute Gasteiger partial charge is 0.314 e. The van der Waals surface area contributed by atoms with Gasteiger partial charge in [0.15, 0.2) is 15.0 Å². The van der Waals surface area contributed by atoms with E-state index in [9.17, 15) is 13.2 Å². The molecule has 0 aliphatic carbocycles. The summed E-state index contributed by atoms with van der Waals surface area (Å²) in [6.07, 6.45) is 2.12. The number of amidine groups is 1. The third kappa shape index (κ3) is 4.23. The van der Waals surface area contributed by atoms with Crippen molar-refractivity contribution in [2.75, 3.05) is 16.4 Å². The molecule has 1 aromatic carbocycles. The van der Waals surface area contributed by atoms with Crippen LogP contribution in [0.4, 0.5) is 5.69 Å². The second-order valence-electron chi connectivity index (χ2n) is 6.16. The Hall–Kier alpha value is -0.570. The Morgan fingerprint density at radius 2 is 2.20 bits per heavy atom. The average molecular weight is 466 g/mol. The lowest BCUT2D eigenvalue weighted by molar-refractivity contribution is -0.117. The van der Waals surface area contributed by atoms with E-state index in [0.29, 0.717) is 22.3 Å². The summed E-state index contributed by atoms with van der Waals surface area (Å²) >= 11 is 11.1. The standard InChI is InChI=1S/C16H18BrClN2O3S2/c1-2-3-4-15(21)19-16-20(12-6-5-10(17)7-11(12)18)13-8-25(22,23)9-14(13)24-16/h5-7,13-14H,2-4,8-9H2,1H3/t13-,14-/m0/s1. The van der Waals surface area contributed by atoms with E-state index in [1.807, 2.05) is 24.0 Å². The van der Waals surface area contributed by atoms with Crippen molar-refractivity contribution in [1.82, 2.24) is 0 Å². The van der Waals surface area contributed by atoms with Gasteiger partial charge in [-0.15, -0.1) is 0 Å². The fraction of sp³-hybridized carbons (Fsp3) is 0.500. The number of hydrogen-bond donors (Lipinski definition) is 0. The van der Waals surface area contributed by atoms with E-state index in [4.69, 9.17) is 11.6 Å². The van der Waals surface area contributed by atoms with Gasteiger partial charge in [-0.25, -0.2) is 8.42 Å². The Kier molecular flexibility index (Phi) is 5.82. The van der Waals surface area contributed by atoms with Gasteiger partial charge in [-0.1, -0.05) is 52.6 Å². The normalized spacial score (nSPS) is 26.2. The molecule has 0 radical (unpaired) electrons. The van der Waals surface area contributed by atoms with Crippen LogP contribution in [-0.4, -0.2) is 42.3 Å². The molecular formula is C16H18BrClN2O3S2. The van der Waals surface area contributed by atoms with Crippen molar-refractivity contribution in [3.8, 4) is 0 Å². The molecule has 2 saturated heterocycles. The minimum absolute atomic E-state index is 0.0548. The van der Waals surface area contributed by atoms with Gasteiger partial charge < -0.3 is 4.90 Å². The quantitative estimate of drug-likeness (QED) is 0.675. The number of nitrogens with zero attached hydrogens (tertiary/aromatic N) is 2. The highest BCUT2D eigenvalue weighted by atomic mass is 79.9. The molecule has 0 bridgehead atoms. The zero-order valence-corrected chi connectivity index (χ0v) is 17.6. The Bertz CT molecular complexity index is 829. The van der Waals surface area contributed by atoms with Gasteiger partial charge in [0, 0.05) is 16.1 Å². The maximum Gasteiger partial charge on any atom is 0.248 e. The smallest absolute Gasteiger partial charge is 0.248 e. The number of thioether (sulfide) groups is 1. The fourth-order valence-electron chi connectivity index (χ4n) is 3.01. The highest BCUT2D eigenvalue weighted by Gasteiger charge is 2.49. The first-order valence-corrected chi connectivity index (χ1v) is 11.9. The highest BCUT2D eigenvalue weighted by Crippen LogP contribution is 2.43. The first kappa shape index (κ1) is 19.2. The minimum Gasteiger partial charge on any atom is -0.314 e. The molecule has 0 spiro atoms. The van der Waals surface area contributed by atoms with Crippen molar-refractivity contribution in [3.63, 3.8) is 0 Å². The summed E-state index contributed by atoms with van der Waals surface area (Å²) in [6, 6.07) is 5.19. The lowest BCUT2D eigenvalue weighted by Crippen LogP contribution is -2.37. The van der Waals surface area contributed by atoms with Crippen LogP contribution in [0.15, 0.2) is 27.7 Å². The summed E-state index contributed by atoms with van der Waals surface area (Å²) in [5, 5.41) is 0.922. The molecule has 5 nitrogen and oxygen atoms in total. The van der Waals surface area contributed by atoms with Gasteiger partial charge in [0.2, 0.25) is 5.91 Å². The van der Waals surface area contributed by atoms with Gasteiger partial charge >= 0.3 is 0 Å². The predicted octanol–water partition coefficient (Wildman–Crippen LogP) is 3.89. The zero-order valence-electron chi connectivity index (χ0n) is 13.6. The van der Waals surface area contributed by atoms with Crippen LogP contribution in [0.3, 0.4) is 0 Å². The average Bonchev–Trinajstić information content (AvgIpc) is 2.97. The number of unbranched alkanes of at least 4 members (excludes halogenated alkanes) is 1. The molecule has 2 fully saturated rings. The SMILES string of the molecule is CCCCC(=O)N=C1S[C@H]2CS(=O)(=O)C[C@@H]2N1c1ccc(Br)cc1Cl. The monoisotopic (exact) mass is 464 g/mol. The van der Waals surface area contributed by atoms with Crippen LogP contribution in [0.1, 0.15) is 26.2 Å². The molecule has 25 heavy (non-hydrogen) atoms. The van der Waals surface area contributed by atoms with E-state index >= 15 is 0 Å². The van der Waals surface area contributed by atoms with Crippen molar-refractivity contribution < 1.29 is 13.2 Å². The van der Waals surface area contributed by atoms with Gasteiger partial charge in [0.25, 0.3) is 0 Å². The molecule has 2 aliphatic rings. The molecule has 136 valence electrons. The van der Waals surface area contributed by atoms with Gasteiger partial charge in [-0.3, -0.25) is 4.79 Å². The van der Waals surface area contributed by atoms with Crippen LogP contribution in [0.2, 0.25) is 5.02 Å². The van der Waals surface area contributed by atoms with Gasteiger partial charge in [0.1, 0.15) is 0 Å². The molecule has 0 aromatic heterocycles. The lowest BCUT2D eigenvalue weighted by atomic mass is 10.2. The molecule has 0 unspecified atom stereocenters. The number of carbonyl (C=O) groups excluding carboxylic acids is 1. The molecule has 0 saturated carbocycles. The van der Waals surface area contributed by atoms with Crippen LogP contribution in [-0.2, 0) is 14.6 Å². The molecule has 1 aromatic rings. The number of benzene rings is 1. The lowest BCUT2D eigenvalue weighted by Gasteiger charge is -2.25. The molecule has 0 N–H and O–H groups in total. The van der Waals surface area contributed by atoms with Crippen molar-refractivity contribution in [1.29, 1.82) is 0 Å². The van der Waals surface area contributed by atoms with Crippen LogP contribution < -0.4 is 4.90 Å². The maximum atomic E-state index is 12.1. The number of hydrogen-bond acceptors (Lipinski definition) is 4. The summed E-state index contributed by atoms with van der Waals surface area (Å²) in [7, 11) is -3.09. The Labute approximate surface area is 165 Å². The maximum absolute atomic E-state index is 12.1. The summed E-state index contributed by atoms with van der Waals surface area (Å²) in [5.41, 5.74) is 0.684. The topological polar surface area (TPSA) is 66.8 Å². The van der Waals surface area contributed by atoms with Crippen LogP contribution in [0.5, 0.6) is 0 Å². The van der Waals surface area contributed by atoms with E-state index < -0.39 is 9.84 Å². The number of halogens is 2. The van der Waals surface area contributed by atoms with E-state index in [1.54, 1.807) is 6.07 Å². The second-order valence-corrected chi connectivity index (χ2v) is 10.8. The zero-order chi connectivity index (χ0) is 18.2. The molecular weight excluding hydrogens is 448 g/mol. The number of aliphatic imine (C=N–C) groups is 1. The molecule has 2 atom stereocenters. The van der Waals surface area contributed by atoms with E-state index in [-0.39, 0.29) is 28.7 Å². The third-order valence-electron chi connectivity index (χ3n) is 4.20. The van der Waals surface area contributed by atoms with Crippen molar-refractivity contribution in [2.24, 2.45) is 4.99 Å². The fourth-order valence-corrected chi connectivity index (χ4v) is 7.70. The molecule has 9 heteroatoms. The number of sulfone groups is 1. The van der Waals surface area contributed by atoms with Crippen molar-refractivity contribution >= 4 is 65.9 Å². The first-order chi connectivity index (χ1) is 11.8. The molecule has 3 rings (SSSR count). The Morgan fingerprint density at radius 3 is 2.88 bits per heavy atom. The molecule has 2 aliphatic heterocycles. The first-order valence-electron chi connectivity index (χ1n) is 8.03. The second kappa shape index (κ2) is 7.58. The van der Waals surface area contributed by atoms with Crippen molar-refractivity contribution in [3.05, 3.63) is 27.7 Å². The van der Waals surface area contributed by atoms with Gasteiger partial charge in [-0.05, 0) is 24.6 Å². The van der Waals surface area contributed by atoms with Crippen LogP contribution >= 0.6 is 39.3 Å². The number of carbonyl (C=O) groups is 1. The molecule has 1 amide bonds. The molecule has 2 heterocycles. The summed E-state index contributed by atoms with van der Waals surface area (Å²) in [6.45, 7) is 2.02. The van der Waals surface area contributed by atoms with E-state index in [0.717, 1.165) is 17.3 Å². The Balaban J connectivity index is 1.98. The van der Waals surface area contributed by atoms with Crippen LogP contribution in [0, 0.1) is 0 Å². The summed E-state index contributed by atoms with van der Waals surface area (Å²) in [4.78, 5) is 18.2. The van der Waals surface area contributed by atoms with E-state index in [2.05, 4.69) is 20.9 Å². The number of rotatable bonds is 4. The third-order valence-corrected chi connectivity index (χ3v) is 8.21. The minimum atomic E-state index is -3.09. The number of anilines is 1. The summed E-state index contributed by atoms with van der Waals surface area (Å²) in [5.74, 6) is -0.0144. The van der Waals surface area contributed by atoms with Crippen LogP contribution in [0.25, 0.3) is 0 Å². The highest BCUT2D eigenvalue weighted by molar-refractivity contribution is 9.10. The van der Waals surface area contributed by atoms with Crippen molar-refractivity contribution in [2.45, 2.75) is 37.5 Å². The summed E-state index contributed by atoms with van der Waals surface area (Å²) < 4.78 is 24.9. The number of amides is 1. The Morgan fingerprint density at radius 1 is 1.44 bits per heavy atom. The van der Waals surface area contributed by atoms with E-state index in [1.165, 1.54) is 11.8 Å². The van der Waals surface area contributed by atoms with Gasteiger partial charge in [0.05, 0.1) is 28.3 Å². The predicted molar refractivity (Wildman–Crippen MR) is 107 cm³/mol. The van der Waals surface area contributed by atoms with Gasteiger partial charge in [-0.2, -0.15) is 4.99 Å².